The highest BCUT2D eigenvalue weighted by atomic mass is 32.2. The molecule has 1 heterocycles. The Hall–Kier alpha value is -2.53. The summed E-state index contributed by atoms with van der Waals surface area (Å²) in [7, 11) is 0. The Morgan fingerprint density at radius 2 is 1.83 bits per heavy atom. The van der Waals surface area contributed by atoms with Gasteiger partial charge in [0.15, 0.2) is 0 Å². The summed E-state index contributed by atoms with van der Waals surface area (Å²) in [5, 5.41) is 1.11. The van der Waals surface area contributed by atoms with Crippen molar-refractivity contribution in [3.8, 4) is 0 Å². The zero-order chi connectivity index (χ0) is 16.1. The molecule has 0 fully saturated rings. The van der Waals surface area contributed by atoms with Gasteiger partial charge in [-0.15, -0.1) is 11.8 Å². The van der Waals surface area contributed by atoms with Gasteiger partial charge >= 0.3 is 0 Å². The van der Waals surface area contributed by atoms with Gasteiger partial charge in [0.05, 0.1) is 11.3 Å². The minimum atomic E-state index is -0.0912. The van der Waals surface area contributed by atoms with Gasteiger partial charge in [0.2, 0.25) is 5.91 Å². The number of anilines is 1. The van der Waals surface area contributed by atoms with E-state index < -0.39 is 0 Å². The summed E-state index contributed by atoms with van der Waals surface area (Å²) in [4.78, 5) is 17.5. The molecule has 116 valence electrons. The average molecular weight is 323 g/mol. The molecule has 4 nitrogen and oxygen atoms in total. The van der Waals surface area contributed by atoms with Crippen LogP contribution in [-0.4, -0.2) is 16.6 Å². The first-order valence-electron chi connectivity index (χ1n) is 7.31. The lowest BCUT2D eigenvalue weighted by atomic mass is 10.1. The molecule has 0 atom stereocenters. The van der Waals surface area contributed by atoms with E-state index in [1.807, 2.05) is 67.6 Å². The van der Waals surface area contributed by atoms with E-state index in [2.05, 4.69) is 15.8 Å². The first-order chi connectivity index (χ1) is 11.2. The van der Waals surface area contributed by atoms with Crippen LogP contribution in [0.15, 0.2) is 65.6 Å². The van der Waals surface area contributed by atoms with E-state index >= 15 is 0 Å². The number of carbonyl (C=O) groups excluding carboxylic acids is 1. The molecule has 0 spiro atoms. The zero-order valence-electron chi connectivity index (χ0n) is 12.7. The molecule has 0 aliphatic rings. The number of hydrazine groups is 1. The summed E-state index contributed by atoms with van der Waals surface area (Å²) in [5.74, 6) is 0.898. The number of nitrogens with one attached hydrogen (secondary N) is 2. The third-order valence-electron chi connectivity index (χ3n) is 3.37. The normalized spacial score (nSPS) is 10.5. The van der Waals surface area contributed by atoms with Crippen molar-refractivity contribution in [2.24, 2.45) is 0 Å². The summed E-state index contributed by atoms with van der Waals surface area (Å²) in [5.41, 5.74) is 7.60. The molecular weight excluding hydrogens is 306 g/mol. The number of aromatic nitrogens is 1. The number of amides is 1. The van der Waals surface area contributed by atoms with Gasteiger partial charge < -0.3 is 0 Å². The van der Waals surface area contributed by atoms with Crippen LogP contribution in [-0.2, 0) is 4.79 Å². The predicted molar refractivity (Wildman–Crippen MR) is 95.4 cm³/mol. The first-order valence-corrected chi connectivity index (χ1v) is 8.30. The molecule has 0 bridgehead atoms. The van der Waals surface area contributed by atoms with E-state index in [-0.39, 0.29) is 5.91 Å². The van der Waals surface area contributed by atoms with Gasteiger partial charge in [0.25, 0.3) is 0 Å². The fourth-order valence-electron chi connectivity index (χ4n) is 2.25. The number of pyridine rings is 1. The van der Waals surface area contributed by atoms with Crippen LogP contribution in [0.25, 0.3) is 10.9 Å². The van der Waals surface area contributed by atoms with Gasteiger partial charge in [-0.3, -0.25) is 15.6 Å². The monoisotopic (exact) mass is 323 g/mol. The topological polar surface area (TPSA) is 54.0 Å². The van der Waals surface area contributed by atoms with Gasteiger partial charge in [-0.05, 0) is 36.8 Å². The number of carbonyl (C=O) groups is 1. The third-order valence-corrected chi connectivity index (χ3v) is 4.38. The van der Waals surface area contributed by atoms with Crippen LogP contribution in [0.1, 0.15) is 5.56 Å². The number of hydrogen-bond donors (Lipinski definition) is 2. The van der Waals surface area contributed by atoms with E-state index in [4.69, 9.17) is 0 Å². The third kappa shape index (κ3) is 4.02. The Kier molecular flexibility index (Phi) is 4.78. The number of nitrogens with zero attached hydrogens (tertiary/aromatic N) is 1. The van der Waals surface area contributed by atoms with Crippen molar-refractivity contribution in [3.63, 3.8) is 0 Å². The van der Waals surface area contributed by atoms with Crippen molar-refractivity contribution in [1.29, 1.82) is 0 Å². The van der Waals surface area contributed by atoms with Gasteiger partial charge in [-0.2, -0.15) is 0 Å². The number of para-hydroxylation sites is 1. The number of fused-ring (bicyclic) bond motifs is 1. The average Bonchev–Trinajstić information content (AvgIpc) is 2.59. The molecule has 3 aromatic rings. The molecule has 0 saturated carbocycles. The lowest BCUT2D eigenvalue weighted by Crippen LogP contribution is -2.31. The maximum atomic E-state index is 11.9. The smallest absolute Gasteiger partial charge is 0.248 e. The molecule has 23 heavy (non-hydrogen) atoms. The Morgan fingerprint density at radius 1 is 1.09 bits per heavy atom. The highest BCUT2D eigenvalue weighted by molar-refractivity contribution is 8.00. The van der Waals surface area contributed by atoms with Crippen LogP contribution >= 0.6 is 11.8 Å². The highest BCUT2D eigenvalue weighted by Gasteiger charge is 2.05. The maximum absolute atomic E-state index is 11.9. The van der Waals surface area contributed by atoms with Gasteiger partial charge in [-0.25, -0.2) is 4.98 Å². The molecule has 2 N–H and O–H groups in total. The first kappa shape index (κ1) is 15.4. The molecule has 5 heteroatoms. The molecule has 0 unspecified atom stereocenters. The predicted octanol–water partition coefficient (Wildman–Crippen LogP) is 3.78. The molecule has 1 aromatic heterocycles. The standard InChI is InChI=1S/C18H17N3OS/c1-13-11-17(19-16-10-6-5-9-15(13)16)20-21-18(22)12-23-14-7-3-2-4-8-14/h2-11H,12H2,1H3,(H,19,20)(H,21,22). The second-order valence-corrected chi connectivity index (χ2v) is 6.17. The summed E-state index contributed by atoms with van der Waals surface area (Å²) >= 11 is 1.50. The van der Waals surface area contributed by atoms with Gasteiger partial charge in [0, 0.05) is 10.3 Å². The van der Waals surface area contributed by atoms with Gasteiger partial charge in [-0.1, -0.05) is 36.4 Å². The maximum Gasteiger partial charge on any atom is 0.248 e. The summed E-state index contributed by atoms with van der Waals surface area (Å²) < 4.78 is 0. The van der Waals surface area contributed by atoms with Crippen molar-refractivity contribution in [1.82, 2.24) is 10.4 Å². The van der Waals surface area contributed by atoms with Crippen LogP contribution in [0.3, 0.4) is 0 Å². The van der Waals surface area contributed by atoms with Crippen LogP contribution in [0.4, 0.5) is 5.82 Å². The summed E-state index contributed by atoms with van der Waals surface area (Å²) in [6, 6.07) is 19.7. The lowest BCUT2D eigenvalue weighted by molar-refractivity contribution is -0.118. The summed E-state index contributed by atoms with van der Waals surface area (Å²) in [6.07, 6.45) is 0. The Bertz CT molecular complexity index is 821. The van der Waals surface area contributed by atoms with E-state index in [0.717, 1.165) is 21.4 Å². The number of thioether (sulfide) groups is 1. The SMILES string of the molecule is Cc1cc(NNC(=O)CSc2ccccc2)nc2ccccc12. The largest absolute Gasteiger partial charge is 0.282 e. The second-order valence-electron chi connectivity index (χ2n) is 5.12. The molecule has 3 rings (SSSR count). The number of benzene rings is 2. The van der Waals surface area contributed by atoms with Crippen molar-refractivity contribution in [2.45, 2.75) is 11.8 Å². The van der Waals surface area contributed by atoms with Crippen LogP contribution in [0, 0.1) is 6.92 Å². The minimum Gasteiger partial charge on any atom is -0.282 e. The quantitative estimate of drug-likeness (QED) is 0.554. The van der Waals surface area contributed by atoms with Gasteiger partial charge in [0.1, 0.15) is 5.82 Å². The van der Waals surface area contributed by atoms with E-state index in [9.17, 15) is 4.79 Å². The van der Waals surface area contributed by atoms with Crippen LogP contribution < -0.4 is 10.9 Å². The van der Waals surface area contributed by atoms with E-state index in [1.54, 1.807) is 0 Å². The molecule has 1 amide bonds. The second kappa shape index (κ2) is 7.15. The van der Waals surface area contributed by atoms with Crippen molar-refractivity contribution < 1.29 is 4.79 Å². The van der Waals surface area contributed by atoms with Crippen LogP contribution in [0.5, 0.6) is 0 Å². The highest BCUT2D eigenvalue weighted by Crippen LogP contribution is 2.19. The Labute approximate surface area is 139 Å². The molecule has 0 saturated heterocycles. The van der Waals surface area contributed by atoms with Crippen molar-refractivity contribution >= 4 is 34.4 Å². The van der Waals surface area contributed by atoms with E-state index in [1.165, 1.54) is 11.8 Å². The number of hydrogen-bond acceptors (Lipinski definition) is 4. The zero-order valence-corrected chi connectivity index (χ0v) is 13.6. The lowest BCUT2D eigenvalue weighted by Gasteiger charge is -2.10. The molecule has 2 aromatic carbocycles. The number of aryl methyl sites for hydroxylation is 1. The summed E-state index contributed by atoms with van der Waals surface area (Å²) in [6.45, 7) is 2.03. The Balaban J connectivity index is 1.58. The Morgan fingerprint density at radius 3 is 2.65 bits per heavy atom. The molecule has 0 aliphatic heterocycles. The minimum absolute atomic E-state index is 0.0912. The number of rotatable bonds is 5. The van der Waals surface area contributed by atoms with Crippen molar-refractivity contribution in [2.75, 3.05) is 11.2 Å². The molecule has 0 radical (unpaired) electrons. The van der Waals surface area contributed by atoms with Crippen LogP contribution in [0.2, 0.25) is 0 Å². The fraction of sp³-hybridized carbons (Fsp3) is 0.111. The van der Waals surface area contributed by atoms with Crippen molar-refractivity contribution in [3.05, 3.63) is 66.2 Å². The molecular formula is C18H17N3OS. The van der Waals surface area contributed by atoms with E-state index in [0.29, 0.717) is 11.6 Å². The molecule has 0 aliphatic carbocycles. The fourth-order valence-corrected chi connectivity index (χ4v) is 2.97.